The van der Waals surface area contributed by atoms with Gasteiger partial charge in [0.15, 0.2) is 12.2 Å². The standard InChI is InChI=1S/C31H50N2O7/c1-10-11-16-38-29(35)23(7)39-31(37)26(18-21(4)5)33(9)28(34)27(19-24-14-12-22(6)13-15-24)40-30(36)25(32-8)17-20(2)3/h12-15,20-21,23,25-27,32H,10-11,16-19H2,1-9H3/t23-,25+,26+,27-/m1/s1. The zero-order valence-electron chi connectivity index (χ0n) is 25.8. The fourth-order valence-electron chi connectivity index (χ4n) is 4.12. The molecule has 40 heavy (non-hydrogen) atoms. The molecular formula is C31H50N2O7. The summed E-state index contributed by atoms with van der Waals surface area (Å²) >= 11 is 0. The fourth-order valence-corrected chi connectivity index (χ4v) is 4.12. The minimum atomic E-state index is -1.15. The maximum Gasteiger partial charge on any atom is 0.347 e. The SMILES string of the molecule is CCCCOC(=O)[C@@H](C)OC(=O)[C@H](CC(C)C)N(C)C(=O)[C@@H](Cc1ccc(C)cc1)OC(=O)[C@H](CC(C)C)NC. The van der Waals surface area contributed by atoms with Gasteiger partial charge in [0.05, 0.1) is 6.61 Å². The van der Waals surface area contributed by atoms with Gasteiger partial charge in [-0.1, -0.05) is 70.9 Å². The molecule has 0 aromatic heterocycles. The largest absolute Gasteiger partial charge is 0.463 e. The Labute approximate surface area is 240 Å². The molecule has 0 unspecified atom stereocenters. The van der Waals surface area contributed by atoms with Crippen LogP contribution in [0.25, 0.3) is 0 Å². The first-order valence-electron chi connectivity index (χ1n) is 14.4. The number of benzene rings is 1. The van der Waals surface area contributed by atoms with Crippen molar-refractivity contribution in [1.82, 2.24) is 10.2 Å². The fraction of sp³-hybridized carbons (Fsp3) is 0.677. The van der Waals surface area contributed by atoms with Crippen LogP contribution in [0.2, 0.25) is 0 Å². The average molecular weight is 563 g/mol. The molecule has 0 saturated heterocycles. The molecule has 0 aliphatic heterocycles. The van der Waals surface area contributed by atoms with E-state index >= 15 is 0 Å². The Hall–Kier alpha value is -2.94. The van der Waals surface area contributed by atoms with Crippen LogP contribution >= 0.6 is 0 Å². The number of nitrogens with zero attached hydrogens (tertiary/aromatic N) is 1. The van der Waals surface area contributed by atoms with Crippen LogP contribution in [0, 0.1) is 18.8 Å². The van der Waals surface area contributed by atoms with Crippen LogP contribution in [-0.4, -0.2) is 73.7 Å². The van der Waals surface area contributed by atoms with Gasteiger partial charge in [0, 0.05) is 13.5 Å². The second-order valence-electron chi connectivity index (χ2n) is 11.3. The second-order valence-corrected chi connectivity index (χ2v) is 11.3. The summed E-state index contributed by atoms with van der Waals surface area (Å²) in [7, 11) is 3.18. The number of aryl methyl sites for hydroxylation is 1. The van der Waals surface area contributed by atoms with Gasteiger partial charge in [-0.15, -0.1) is 0 Å². The molecule has 9 nitrogen and oxygen atoms in total. The zero-order chi connectivity index (χ0) is 30.4. The number of amides is 1. The lowest BCUT2D eigenvalue weighted by atomic mass is 10.0. The smallest absolute Gasteiger partial charge is 0.347 e. The summed E-state index contributed by atoms with van der Waals surface area (Å²) in [5.41, 5.74) is 1.89. The third kappa shape index (κ3) is 12.1. The quantitative estimate of drug-likeness (QED) is 0.171. The third-order valence-electron chi connectivity index (χ3n) is 6.56. The lowest BCUT2D eigenvalue weighted by Crippen LogP contribution is -2.51. The van der Waals surface area contributed by atoms with Crippen molar-refractivity contribution >= 4 is 23.8 Å². The summed E-state index contributed by atoms with van der Waals surface area (Å²) in [4.78, 5) is 53.7. The highest BCUT2D eigenvalue weighted by Gasteiger charge is 2.37. The molecule has 0 fully saturated rings. The topological polar surface area (TPSA) is 111 Å². The van der Waals surface area contributed by atoms with Crippen molar-refractivity contribution in [2.75, 3.05) is 20.7 Å². The first kappa shape index (κ1) is 35.1. The van der Waals surface area contributed by atoms with E-state index in [4.69, 9.17) is 14.2 Å². The van der Waals surface area contributed by atoms with Gasteiger partial charge < -0.3 is 24.4 Å². The van der Waals surface area contributed by atoms with Gasteiger partial charge in [0.25, 0.3) is 5.91 Å². The first-order valence-corrected chi connectivity index (χ1v) is 14.4. The number of ether oxygens (including phenoxy) is 3. The Balaban J connectivity index is 3.20. The maximum absolute atomic E-state index is 13.8. The van der Waals surface area contributed by atoms with Crippen LogP contribution in [-0.2, 0) is 39.8 Å². The van der Waals surface area contributed by atoms with Gasteiger partial charge in [0.1, 0.15) is 12.1 Å². The van der Waals surface area contributed by atoms with Crippen LogP contribution in [0.15, 0.2) is 24.3 Å². The van der Waals surface area contributed by atoms with Gasteiger partial charge in [-0.25, -0.2) is 9.59 Å². The molecule has 0 aliphatic rings. The van der Waals surface area contributed by atoms with E-state index in [2.05, 4.69) is 5.32 Å². The molecular weight excluding hydrogens is 512 g/mol. The van der Waals surface area contributed by atoms with Crippen LogP contribution in [0.3, 0.4) is 0 Å². The number of rotatable bonds is 17. The Morgan fingerprint density at radius 1 is 0.875 bits per heavy atom. The van der Waals surface area contributed by atoms with Crippen LogP contribution in [0.4, 0.5) is 0 Å². The van der Waals surface area contributed by atoms with E-state index in [1.807, 2.05) is 65.8 Å². The summed E-state index contributed by atoms with van der Waals surface area (Å²) in [6, 6.07) is 6.08. The molecule has 0 aliphatic carbocycles. The van der Waals surface area contributed by atoms with Gasteiger partial charge >= 0.3 is 17.9 Å². The predicted molar refractivity (Wildman–Crippen MR) is 154 cm³/mol. The third-order valence-corrected chi connectivity index (χ3v) is 6.56. The number of carbonyl (C=O) groups is 4. The van der Waals surface area contributed by atoms with Gasteiger partial charge in [0.2, 0.25) is 0 Å². The van der Waals surface area contributed by atoms with E-state index in [0.717, 1.165) is 17.5 Å². The van der Waals surface area contributed by atoms with Gasteiger partial charge in [-0.2, -0.15) is 0 Å². The molecule has 9 heteroatoms. The molecule has 0 saturated carbocycles. The molecule has 4 atom stereocenters. The monoisotopic (exact) mass is 562 g/mol. The molecule has 1 N–H and O–H groups in total. The maximum atomic E-state index is 13.8. The lowest BCUT2D eigenvalue weighted by Gasteiger charge is -2.32. The van der Waals surface area contributed by atoms with Crippen molar-refractivity contribution in [3.8, 4) is 0 Å². The molecule has 226 valence electrons. The first-order chi connectivity index (χ1) is 18.8. The summed E-state index contributed by atoms with van der Waals surface area (Å²) in [5.74, 6) is -2.11. The average Bonchev–Trinajstić information content (AvgIpc) is 2.89. The summed E-state index contributed by atoms with van der Waals surface area (Å²) in [5, 5.41) is 2.98. The Bertz CT molecular complexity index is 946. The Morgan fingerprint density at radius 2 is 1.48 bits per heavy atom. The number of hydrogen-bond donors (Lipinski definition) is 1. The van der Waals surface area contributed by atoms with E-state index in [9.17, 15) is 19.2 Å². The molecule has 1 rings (SSSR count). The summed E-state index contributed by atoms with van der Waals surface area (Å²) in [6.07, 6.45) is 0.314. The van der Waals surface area contributed by atoms with Gasteiger partial charge in [-0.05, 0) is 57.6 Å². The van der Waals surface area contributed by atoms with E-state index < -0.39 is 48.1 Å². The number of esters is 3. The van der Waals surface area contributed by atoms with Crippen molar-refractivity contribution in [2.24, 2.45) is 11.8 Å². The van der Waals surface area contributed by atoms with E-state index in [1.165, 1.54) is 18.9 Å². The molecule has 0 radical (unpaired) electrons. The van der Waals surface area contributed by atoms with E-state index in [0.29, 0.717) is 19.3 Å². The van der Waals surface area contributed by atoms with Gasteiger partial charge in [-0.3, -0.25) is 9.59 Å². The zero-order valence-corrected chi connectivity index (χ0v) is 25.8. The Kier molecular flexibility index (Phi) is 15.5. The highest BCUT2D eigenvalue weighted by Crippen LogP contribution is 2.19. The van der Waals surface area contributed by atoms with Crippen LogP contribution in [0.1, 0.15) is 78.4 Å². The van der Waals surface area contributed by atoms with Crippen molar-refractivity contribution < 1.29 is 33.4 Å². The summed E-state index contributed by atoms with van der Waals surface area (Å²) in [6.45, 7) is 13.5. The molecule has 0 spiro atoms. The molecule has 1 amide bonds. The summed E-state index contributed by atoms with van der Waals surface area (Å²) < 4.78 is 16.4. The molecule has 0 bridgehead atoms. The molecule has 1 aromatic rings. The highest BCUT2D eigenvalue weighted by molar-refractivity contribution is 5.90. The minimum Gasteiger partial charge on any atom is -0.463 e. The minimum absolute atomic E-state index is 0.0393. The number of nitrogens with one attached hydrogen (secondary N) is 1. The number of hydrogen-bond acceptors (Lipinski definition) is 8. The predicted octanol–water partition coefficient (Wildman–Crippen LogP) is 4.23. The van der Waals surface area contributed by atoms with Crippen molar-refractivity contribution in [1.29, 1.82) is 0 Å². The normalized spacial score (nSPS) is 14.3. The molecule has 0 heterocycles. The van der Waals surface area contributed by atoms with E-state index in [-0.39, 0.29) is 24.9 Å². The molecule has 1 aromatic carbocycles. The van der Waals surface area contributed by atoms with E-state index in [1.54, 1.807) is 7.05 Å². The number of carbonyl (C=O) groups excluding carboxylic acids is 4. The van der Waals surface area contributed by atoms with Crippen molar-refractivity contribution in [3.05, 3.63) is 35.4 Å². The van der Waals surface area contributed by atoms with Crippen molar-refractivity contribution in [2.45, 2.75) is 105 Å². The van der Waals surface area contributed by atoms with Crippen LogP contribution < -0.4 is 5.32 Å². The lowest BCUT2D eigenvalue weighted by molar-refractivity contribution is -0.173. The van der Waals surface area contributed by atoms with Crippen LogP contribution in [0.5, 0.6) is 0 Å². The number of unbranched alkanes of at least 4 members (excludes halogenated alkanes) is 1. The Morgan fingerprint density at radius 3 is 2.00 bits per heavy atom. The second kappa shape index (κ2) is 17.7. The number of likely N-dealkylation sites (N-methyl/N-ethyl adjacent to an activating group) is 2. The highest BCUT2D eigenvalue weighted by atomic mass is 16.6. The van der Waals surface area contributed by atoms with Crippen molar-refractivity contribution in [3.63, 3.8) is 0 Å².